The van der Waals surface area contributed by atoms with Gasteiger partial charge < -0.3 is 19.7 Å². The van der Waals surface area contributed by atoms with Gasteiger partial charge in [0.2, 0.25) is 5.91 Å². The molecule has 2 amide bonds. The predicted octanol–water partition coefficient (Wildman–Crippen LogP) is 1.11. The van der Waals surface area contributed by atoms with Crippen LogP contribution in [0.1, 0.15) is 37.2 Å². The van der Waals surface area contributed by atoms with E-state index in [-0.39, 0.29) is 36.6 Å². The number of aliphatic carboxylic acids is 1. The Morgan fingerprint density at radius 2 is 2.10 bits per heavy atom. The number of hydrogen-bond donors (Lipinski definition) is 2. The van der Waals surface area contributed by atoms with Crippen molar-refractivity contribution in [1.82, 2.24) is 10.2 Å². The van der Waals surface area contributed by atoms with Gasteiger partial charge in [-0.15, -0.1) is 0 Å². The van der Waals surface area contributed by atoms with E-state index in [1.165, 1.54) is 11.2 Å². The second-order valence-electron chi connectivity index (χ2n) is 4.85. The molecule has 21 heavy (non-hydrogen) atoms. The summed E-state index contributed by atoms with van der Waals surface area (Å²) in [6, 6.07) is 2.99. The molecule has 7 heteroatoms. The van der Waals surface area contributed by atoms with Crippen LogP contribution in [0, 0.1) is 0 Å². The van der Waals surface area contributed by atoms with Crippen molar-refractivity contribution in [3.8, 4) is 0 Å². The number of carbonyl (C=O) groups excluding carboxylic acids is 2. The first kappa shape index (κ1) is 16.7. The zero-order valence-corrected chi connectivity index (χ0v) is 12.2. The van der Waals surface area contributed by atoms with Crippen LogP contribution in [0.4, 0.5) is 0 Å². The Labute approximate surface area is 122 Å². The molecule has 0 bridgehead atoms. The molecular formula is C14H20N2O5. The first-order valence-corrected chi connectivity index (χ1v) is 6.74. The molecule has 1 rings (SSSR count). The average Bonchev–Trinajstić information content (AvgIpc) is 2.94. The molecule has 0 radical (unpaired) electrons. The number of carboxylic acids is 1. The van der Waals surface area contributed by atoms with Crippen molar-refractivity contribution < 1.29 is 23.9 Å². The van der Waals surface area contributed by atoms with Crippen molar-refractivity contribution in [3.63, 3.8) is 0 Å². The van der Waals surface area contributed by atoms with Crippen LogP contribution in [0.25, 0.3) is 0 Å². The molecule has 0 fully saturated rings. The third-order valence-corrected chi connectivity index (χ3v) is 2.85. The minimum atomic E-state index is -1.04. The first-order chi connectivity index (χ1) is 9.91. The number of carboxylic acid groups (broad SMARTS) is 1. The van der Waals surface area contributed by atoms with Gasteiger partial charge in [-0.2, -0.15) is 0 Å². The van der Waals surface area contributed by atoms with E-state index in [1.54, 1.807) is 26.0 Å². The summed E-state index contributed by atoms with van der Waals surface area (Å²) in [6.45, 7) is 3.54. The molecule has 2 N–H and O–H groups in total. The van der Waals surface area contributed by atoms with Gasteiger partial charge in [-0.3, -0.25) is 14.4 Å². The maximum absolute atomic E-state index is 11.9. The number of nitrogens with zero attached hydrogens (tertiary/aromatic N) is 1. The molecule has 1 aromatic heterocycles. The van der Waals surface area contributed by atoms with Gasteiger partial charge in [0.25, 0.3) is 5.91 Å². The van der Waals surface area contributed by atoms with Gasteiger partial charge in [-0.05, 0) is 32.4 Å². The Kier molecular flexibility index (Phi) is 6.45. The normalized spacial score (nSPS) is 10.4. The summed E-state index contributed by atoms with van der Waals surface area (Å²) in [5.74, 6) is -1.39. The number of amides is 2. The van der Waals surface area contributed by atoms with E-state index in [1.807, 2.05) is 0 Å². The Bertz CT molecular complexity index is 482. The van der Waals surface area contributed by atoms with E-state index >= 15 is 0 Å². The fraction of sp³-hybridized carbons (Fsp3) is 0.500. The second kappa shape index (κ2) is 8.08. The van der Waals surface area contributed by atoms with Crippen LogP contribution in [-0.2, 0) is 9.59 Å². The quantitative estimate of drug-likeness (QED) is 0.700. The van der Waals surface area contributed by atoms with Crippen molar-refractivity contribution in [2.24, 2.45) is 0 Å². The van der Waals surface area contributed by atoms with Crippen molar-refractivity contribution in [1.29, 1.82) is 0 Å². The van der Waals surface area contributed by atoms with Gasteiger partial charge >= 0.3 is 5.97 Å². The smallest absolute Gasteiger partial charge is 0.323 e. The summed E-state index contributed by atoms with van der Waals surface area (Å²) < 4.78 is 4.93. The Balaban J connectivity index is 2.32. The van der Waals surface area contributed by atoms with E-state index < -0.39 is 5.97 Å². The largest absolute Gasteiger partial charge is 0.480 e. The van der Waals surface area contributed by atoms with Crippen molar-refractivity contribution in [3.05, 3.63) is 24.2 Å². The molecule has 1 aromatic rings. The molecule has 0 spiro atoms. The van der Waals surface area contributed by atoms with Gasteiger partial charge in [0, 0.05) is 19.0 Å². The molecule has 0 aliphatic rings. The molecule has 0 atom stereocenters. The Hall–Kier alpha value is -2.31. The van der Waals surface area contributed by atoms with Gasteiger partial charge in [-0.25, -0.2) is 0 Å². The second-order valence-corrected chi connectivity index (χ2v) is 4.85. The van der Waals surface area contributed by atoms with Crippen molar-refractivity contribution >= 4 is 17.8 Å². The van der Waals surface area contributed by atoms with Crippen LogP contribution < -0.4 is 5.32 Å². The van der Waals surface area contributed by atoms with Crippen LogP contribution in [0.2, 0.25) is 0 Å². The summed E-state index contributed by atoms with van der Waals surface area (Å²) in [6.07, 6.45) is 2.03. The van der Waals surface area contributed by atoms with Gasteiger partial charge in [-0.1, -0.05) is 0 Å². The fourth-order valence-corrected chi connectivity index (χ4v) is 1.78. The maximum Gasteiger partial charge on any atom is 0.323 e. The van der Waals surface area contributed by atoms with E-state index in [0.29, 0.717) is 13.0 Å². The monoisotopic (exact) mass is 296 g/mol. The third-order valence-electron chi connectivity index (χ3n) is 2.85. The van der Waals surface area contributed by atoms with Crippen LogP contribution in [-0.4, -0.2) is 46.9 Å². The minimum absolute atomic E-state index is 0.175. The van der Waals surface area contributed by atoms with E-state index in [0.717, 1.165) is 0 Å². The predicted molar refractivity (Wildman–Crippen MR) is 74.8 cm³/mol. The van der Waals surface area contributed by atoms with Crippen molar-refractivity contribution in [2.75, 3.05) is 13.1 Å². The van der Waals surface area contributed by atoms with E-state index in [4.69, 9.17) is 9.52 Å². The molecule has 0 unspecified atom stereocenters. The number of hydrogen-bond acceptors (Lipinski definition) is 4. The topological polar surface area (TPSA) is 99.9 Å². The molecule has 0 saturated carbocycles. The fourth-order valence-electron chi connectivity index (χ4n) is 1.78. The zero-order valence-electron chi connectivity index (χ0n) is 12.2. The molecule has 0 aliphatic carbocycles. The maximum atomic E-state index is 11.9. The molecule has 116 valence electrons. The van der Waals surface area contributed by atoms with Crippen molar-refractivity contribution in [2.45, 2.75) is 32.7 Å². The lowest BCUT2D eigenvalue weighted by Gasteiger charge is -2.24. The number of carbonyl (C=O) groups is 3. The van der Waals surface area contributed by atoms with E-state index in [2.05, 4.69) is 5.32 Å². The molecule has 7 nitrogen and oxygen atoms in total. The Morgan fingerprint density at radius 3 is 2.62 bits per heavy atom. The van der Waals surface area contributed by atoms with E-state index in [9.17, 15) is 14.4 Å². The van der Waals surface area contributed by atoms with Gasteiger partial charge in [0.15, 0.2) is 5.76 Å². The number of rotatable bonds is 8. The zero-order chi connectivity index (χ0) is 15.8. The lowest BCUT2D eigenvalue weighted by molar-refractivity contribution is -0.145. The highest BCUT2D eigenvalue weighted by Crippen LogP contribution is 2.04. The minimum Gasteiger partial charge on any atom is -0.480 e. The molecule has 0 aromatic carbocycles. The highest BCUT2D eigenvalue weighted by atomic mass is 16.4. The van der Waals surface area contributed by atoms with Crippen LogP contribution in [0.15, 0.2) is 22.8 Å². The summed E-state index contributed by atoms with van der Waals surface area (Å²) >= 11 is 0. The molecular weight excluding hydrogens is 276 g/mol. The first-order valence-electron chi connectivity index (χ1n) is 6.74. The summed E-state index contributed by atoms with van der Waals surface area (Å²) in [5.41, 5.74) is 0. The van der Waals surface area contributed by atoms with Gasteiger partial charge in [0.05, 0.1) is 6.26 Å². The summed E-state index contributed by atoms with van der Waals surface area (Å²) in [4.78, 5) is 35.5. The molecule has 0 saturated heterocycles. The third kappa shape index (κ3) is 5.68. The molecule has 1 heterocycles. The lowest BCUT2D eigenvalue weighted by atomic mass is 10.2. The average molecular weight is 296 g/mol. The van der Waals surface area contributed by atoms with Gasteiger partial charge in [0.1, 0.15) is 6.54 Å². The Morgan fingerprint density at radius 1 is 1.38 bits per heavy atom. The highest BCUT2D eigenvalue weighted by molar-refractivity contribution is 5.91. The summed E-state index contributed by atoms with van der Waals surface area (Å²) in [7, 11) is 0. The van der Waals surface area contributed by atoms with Crippen LogP contribution in [0.3, 0.4) is 0 Å². The number of furan rings is 1. The standard InChI is InChI=1S/C14H20N2O5/c1-10(2)16(9-13(18)19)12(17)6-3-7-15-14(20)11-5-4-8-21-11/h4-5,8,10H,3,6-7,9H2,1-2H3,(H,15,20)(H,18,19). The molecule has 0 aliphatic heterocycles. The number of nitrogens with one attached hydrogen (secondary N) is 1. The summed E-state index contributed by atoms with van der Waals surface area (Å²) in [5, 5.41) is 11.4. The SMILES string of the molecule is CC(C)N(CC(=O)O)C(=O)CCCNC(=O)c1ccco1. The lowest BCUT2D eigenvalue weighted by Crippen LogP contribution is -2.40. The van der Waals surface area contributed by atoms with Crippen LogP contribution in [0.5, 0.6) is 0 Å². The van der Waals surface area contributed by atoms with Crippen LogP contribution >= 0.6 is 0 Å². The highest BCUT2D eigenvalue weighted by Gasteiger charge is 2.19.